The third-order valence-corrected chi connectivity index (χ3v) is 5.98. The molecule has 1 aromatic carbocycles. The molecule has 0 saturated carbocycles. The number of fused-ring (bicyclic) bond motifs is 1. The molecule has 2 aromatic heterocycles. The number of halogens is 1. The zero-order valence-corrected chi connectivity index (χ0v) is 18.5. The molecule has 3 aromatic rings. The second kappa shape index (κ2) is 8.96. The Morgan fingerprint density at radius 1 is 1.39 bits per heavy atom. The molecule has 0 bridgehead atoms. The highest BCUT2D eigenvalue weighted by Crippen LogP contribution is 2.22. The van der Waals surface area contributed by atoms with Crippen LogP contribution in [-0.2, 0) is 11.3 Å². The van der Waals surface area contributed by atoms with E-state index in [2.05, 4.69) is 31.2 Å². The lowest BCUT2D eigenvalue weighted by Gasteiger charge is -2.17. The van der Waals surface area contributed by atoms with Crippen molar-refractivity contribution in [3.8, 4) is 0 Å². The van der Waals surface area contributed by atoms with Crippen LogP contribution in [0.5, 0.6) is 0 Å². The summed E-state index contributed by atoms with van der Waals surface area (Å²) in [5.41, 5.74) is 2.97. The summed E-state index contributed by atoms with van der Waals surface area (Å²) in [7, 11) is 0. The minimum absolute atomic E-state index is 0.000219. The number of hydrogen-bond acceptors (Lipinski definition) is 4. The van der Waals surface area contributed by atoms with E-state index in [-0.39, 0.29) is 23.3 Å². The number of aromatic amines is 1. The van der Waals surface area contributed by atoms with E-state index in [9.17, 15) is 9.59 Å². The number of nitrogens with one attached hydrogen (secondary N) is 2. The lowest BCUT2D eigenvalue weighted by Crippen LogP contribution is -2.28. The van der Waals surface area contributed by atoms with E-state index in [0.29, 0.717) is 22.7 Å². The van der Waals surface area contributed by atoms with E-state index in [0.717, 1.165) is 22.2 Å². The molecule has 1 amide bonds. The van der Waals surface area contributed by atoms with Gasteiger partial charge in [-0.15, -0.1) is 0 Å². The highest BCUT2D eigenvalue weighted by molar-refractivity contribution is 9.10. The first-order valence-electron chi connectivity index (χ1n) is 9.14. The Kier molecular flexibility index (Phi) is 6.61. The van der Waals surface area contributed by atoms with Crippen LogP contribution in [0.25, 0.3) is 11.0 Å². The van der Waals surface area contributed by atoms with E-state index in [4.69, 9.17) is 0 Å². The third kappa shape index (κ3) is 4.67. The predicted molar refractivity (Wildman–Crippen MR) is 117 cm³/mol. The van der Waals surface area contributed by atoms with E-state index in [1.54, 1.807) is 4.57 Å². The van der Waals surface area contributed by atoms with Crippen LogP contribution >= 0.6 is 27.7 Å². The number of rotatable bonds is 7. The average molecular weight is 463 g/mol. The van der Waals surface area contributed by atoms with Gasteiger partial charge < -0.3 is 10.3 Å². The maximum atomic E-state index is 12.9. The highest BCUT2D eigenvalue weighted by Gasteiger charge is 2.18. The Morgan fingerprint density at radius 2 is 2.18 bits per heavy atom. The van der Waals surface area contributed by atoms with Crippen LogP contribution in [-0.4, -0.2) is 26.2 Å². The fraction of sp³-hybridized carbons (Fsp3) is 0.350. The second-order valence-corrected chi connectivity index (χ2v) is 8.59. The van der Waals surface area contributed by atoms with E-state index < -0.39 is 0 Å². The zero-order chi connectivity index (χ0) is 20.3. The van der Waals surface area contributed by atoms with Crippen molar-refractivity contribution in [3.63, 3.8) is 0 Å². The lowest BCUT2D eigenvalue weighted by molar-refractivity contribution is -0.118. The molecular formula is C20H23BrN4O2S. The highest BCUT2D eigenvalue weighted by atomic mass is 79.9. The van der Waals surface area contributed by atoms with Gasteiger partial charge in [0.15, 0.2) is 5.16 Å². The molecule has 148 valence electrons. The SMILES string of the molecule is CC[C@H](C)n1c(SCC(=O)NCc2cccc(Br)c2)nc2cc(C)[nH]c2c1=O. The standard InChI is InChI=1S/C20H23BrN4O2S/c1-4-13(3)25-19(27)18-16(8-12(2)23-18)24-20(25)28-11-17(26)22-10-14-6-5-7-15(21)9-14/h5-9,13,23H,4,10-11H2,1-3H3,(H,22,26)/t13-/m0/s1. The summed E-state index contributed by atoms with van der Waals surface area (Å²) >= 11 is 4.72. The number of amides is 1. The van der Waals surface area contributed by atoms with Gasteiger partial charge in [-0.05, 0) is 44.0 Å². The molecule has 0 fully saturated rings. The fourth-order valence-electron chi connectivity index (χ4n) is 2.89. The van der Waals surface area contributed by atoms with Crippen LogP contribution in [0.1, 0.15) is 37.6 Å². The molecule has 2 heterocycles. The van der Waals surface area contributed by atoms with E-state index >= 15 is 0 Å². The van der Waals surface area contributed by atoms with Crippen LogP contribution < -0.4 is 10.9 Å². The summed E-state index contributed by atoms with van der Waals surface area (Å²) in [6.07, 6.45) is 0.801. The lowest BCUT2D eigenvalue weighted by atomic mass is 10.2. The number of aromatic nitrogens is 3. The van der Waals surface area contributed by atoms with E-state index in [1.807, 2.05) is 51.1 Å². The topological polar surface area (TPSA) is 79.8 Å². The van der Waals surface area contributed by atoms with Gasteiger partial charge in [0.25, 0.3) is 5.56 Å². The molecular weight excluding hydrogens is 440 g/mol. The molecule has 0 radical (unpaired) electrons. The van der Waals surface area contributed by atoms with Crippen molar-refractivity contribution in [1.82, 2.24) is 19.9 Å². The maximum absolute atomic E-state index is 12.9. The number of H-pyrrole nitrogens is 1. The molecule has 2 N–H and O–H groups in total. The van der Waals surface area contributed by atoms with Crippen LogP contribution in [0.4, 0.5) is 0 Å². The molecule has 0 aliphatic carbocycles. The zero-order valence-electron chi connectivity index (χ0n) is 16.1. The smallest absolute Gasteiger partial charge is 0.278 e. The summed E-state index contributed by atoms with van der Waals surface area (Å²) in [6.45, 7) is 6.37. The van der Waals surface area contributed by atoms with Gasteiger partial charge >= 0.3 is 0 Å². The first-order valence-corrected chi connectivity index (χ1v) is 10.9. The van der Waals surface area contributed by atoms with Gasteiger partial charge in [-0.3, -0.25) is 14.2 Å². The minimum Gasteiger partial charge on any atom is -0.353 e. The van der Waals surface area contributed by atoms with Crippen molar-refractivity contribution in [1.29, 1.82) is 0 Å². The molecule has 1 atom stereocenters. The average Bonchev–Trinajstić information content (AvgIpc) is 3.05. The van der Waals surface area contributed by atoms with Gasteiger partial charge in [-0.1, -0.05) is 46.7 Å². The van der Waals surface area contributed by atoms with Gasteiger partial charge in [0, 0.05) is 22.8 Å². The van der Waals surface area contributed by atoms with Gasteiger partial charge in [0.05, 0.1) is 11.3 Å². The molecule has 28 heavy (non-hydrogen) atoms. The maximum Gasteiger partial charge on any atom is 0.278 e. The Bertz CT molecular complexity index is 1060. The van der Waals surface area contributed by atoms with Crippen molar-refractivity contribution in [2.45, 2.75) is 44.9 Å². The van der Waals surface area contributed by atoms with Gasteiger partial charge in [0.1, 0.15) is 5.52 Å². The molecule has 0 unspecified atom stereocenters. The van der Waals surface area contributed by atoms with Crippen molar-refractivity contribution >= 4 is 44.6 Å². The number of aryl methyl sites for hydroxylation is 1. The Labute approximate surface area is 176 Å². The number of nitrogens with zero attached hydrogens (tertiary/aromatic N) is 2. The third-order valence-electron chi connectivity index (χ3n) is 4.53. The second-order valence-electron chi connectivity index (χ2n) is 6.73. The number of carbonyl (C=O) groups excluding carboxylic acids is 1. The summed E-state index contributed by atoms with van der Waals surface area (Å²) in [6, 6.07) is 9.67. The minimum atomic E-state index is -0.0970. The number of carbonyl (C=O) groups is 1. The largest absolute Gasteiger partial charge is 0.353 e. The first-order chi connectivity index (χ1) is 13.4. The van der Waals surface area contributed by atoms with Gasteiger partial charge in [0.2, 0.25) is 5.91 Å². The summed E-state index contributed by atoms with van der Waals surface area (Å²) in [4.78, 5) is 33.0. The first kappa shape index (κ1) is 20.7. The van der Waals surface area contributed by atoms with Crippen molar-refractivity contribution in [3.05, 3.63) is 56.4 Å². The number of hydrogen-bond donors (Lipinski definition) is 2. The van der Waals surface area contributed by atoms with Crippen LogP contribution in [0.3, 0.4) is 0 Å². The predicted octanol–water partition coefficient (Wildman–Crippen LogP) is 4.18. The van der Waals surface area contributed by atoms with Crippen molar-refractivity contribution in [2.24, 2.45) is 0 Å². The summed E-state index contributed by atoms with van der Waals surface area (Å²) < 4.78 is 2.66. The van der Waals surface area contributed by atoms with Gasteiger partial charge in [-0.25, -0.2) is 4.98 Å². The van der Waals surface area contributed by atoms with Crippen LogP contribution in [0, 0.1) is 6.92 Å². The number of thioether (sulfide) groups is 1. The Morgan fingerprint density at radius 3 is 2.89 bits per heavy atom. The van der Waals surface area contributed by atoms with Crippen LogP contribution in [0.15, 0.2) is 44.8 Å². The van der Waals surface area contributed by atoms with E-state index in [1.165, 1.54) is 11.8 Å². The van der Waals surface area contributed by atoms with Crippen molar-refractivity contribution in [2.75, 3.05) is 5.75 Å². The molecule has 0 aliphatic rings. The fourth-order valence-corrected chi connectivity index (χ4v) is 4.27. The molecule has 0 spiro atoms. The monoisotopic (exact) mass is 462 g/mol. The summed E-state index contributed by atoms with van der Waals surface area (Å²) in [5.74, 6) is 0.103. The summed E-state index contributed by atoms with van der Waals surface area (Å²) in [5, 5.41) is 3.49. The molecule has 0 aliphatic heterocycles. The Hall–Kier alpha value is -2.06. The number of benzene rings is 1. The van der Waals surface area contributed by atoms with Crippen molar-refractivity contribution < 1.29 is 4.79 Å². The Balaban J connectivity index is 1.75. The molecule has 3 rings (SSSR count). The molecule has 6 nitrogen and oxygen atoms in total. The molecule has 0 saturated heterocycles. The van der Waals surface area contributed by atoms with Crippen LogP contribution in [0.2, 0.25) is 0 Å². The normalized spacial score (nSPS) is 12.3. The molecule has 8 heteroatoms. The quantitative estimate of drug-likeness (QED) is 0.407. The van der Waals surface area contributed by atoms with Gasteiger partial charge in [-0.2, -0.15) is 0 Å².